The molecular formula is C16H19ClF3N3O2. The minimum atomic E-state index is -4.70. The molecule has 1 aromatic carbocycles. The van der Waals surface area contributed by atoms with Crippen LogP contribution in [0.4, 0.5) is 13.2 Å². The molecule has 1 N–H and O–H groups in total. The normalized spacial score (nSPS) is 15.5. The average molecular weight is 378 g/mol. The molecule has 25 heavy (non-hydrogen) atoms. The Bertz CT molecular complexity index is 673. The number of hydrogen-bond donors (Lipinski definition) is 1. The van der Waals surface area contributed by atoms with E-state index in [0.717, 1.165) is 25.9 Å². The molecule has 2 heterocycles. The number of alkyl halides is 3. The molecule has 9 heteroatoms. The predicted octanol–water partition coefficient (Wildman–Crippen LogP) is 3.71. The third-order valence-electron chi connectivity index (χ3n) is 3.80. The number of halogens is 4. The maximum atomic E-state index is 12.2. The van der Waals surface area contributed by atoms with Gasteiger partial charge in [-0.15, -0.1) is 25.6 Å². The van der Waals surface area contributed by atoms with Crippen LogP contribution in [0.1, 0.15) is 24.4 Å². The van der Waals surface area contributed by atoms with Gasteiger partial charge in [0.15, 0.2) is 5.75 Å². The van der Waals surface area contributed by atoms with E-state index in [9.17, 15) is 13.2 Å². The molecular weight excluding hydrogens is 359 g/mol. The summed E-state index contributed by atoms with van der Waals surface area (Å²) in [4.78, 5) is 0. The molecule has 0 bridgehead atoms. The minimum absolute atomic E-state index is 0. The fourth-order valence-electron chi connectivity index (χ4n) is 2.67. The monoisotopic (exact) mass is 377 g/mol. The Morgan fingerprint density at radius 3 is 2.68 bits per heavy atom. The summed E-state index contributed by atoms with van der Waals surface area (Å²) in [5.74, 6) is 0.338. The zero-order chi connectivity index (χ0) is 17.0. The molecule has 0 amide bonds. The number of hydrogen-bond acceptors (Lipinski definition) is 4. The summed E-state index contributed by atoms with van der Waals surface area (Å²) in [5.41, 5.74) is 0.589. The van der Waals surface area contributed by atoms with Crippen LogP contribution in [0.25, 0.3) is 0 Å². The summed E-state index contributed by atoms with van der Waals surface area (Å²) in [6, 6.07) is 6.10. The first-order valence-corrected chi connectivity index (χ1v) is 7.72. The van der Waals surface area contributed by atoms with Gasteiger partial charge in [-0.3, -0.25) is 4.68 Å². The van der Waals surface area contributed by atoms with E-state index in [1.54, 1.807) is 12.3 Å². The lowest BCUT2D eigenvalue weighted by Crippen LogP contribution is -2.29. The molecule has 1 aliphatic rings. The van der Waals surface area contributed by atoms with Gasteiger partial charge in [-0.05, 0) is 43.6 Å². The van der Waals surface area contributed by atoms with E-state index in [4.69, 9.17) is 4.74 Å². The smallest absolute Gasteiger partial charge is 0.486 e. The van der Waals surface area contributed by atoms with Gasteiger partial charge >= 0.3 is 6.36 Å². The third kappa shape index (κ3) is 5.82. The first-order chi connectivity index (χ1) is 11.5. The Labute approximate surface area is 149 Å². The van der Waals surface area contributed by atoms with Crippen molar-refractivity contribution in [2.45, 2.75) is 31.9 Å². The van der Waals surface area contributed by atoms with Crippen LogP contribution < -0.4 is 14.8 Å². The third-order valence-corrected chi connectivity index (χ3v) is 3.80. The number of nitrogens with zero attached hydrogens (tertiary/aromatic N) is 2. The van der Waals surface area contributed by atoms with Gasteiger partial charge in [0.25, 0.3) is 0 Å². The first-order valence-electron chi connectivity index (χ1n) is 7.72. The molecule has 2 aromatic rings. The van der Waals surface area contributed by atoms with Crippen molar-refractivity contribution in [1.29, 1.82) is 0 Å². The van der Waals surface area contributed by atoms with Gasteiger partial charge in [-0.2, -0.15) is 5.10 Å². The van der Waals surface area contributed by atoms with Gasteiger partial charge in [0.2, 0.25) is 0 Å². The van der Waals surface area contributed by atoms with Gasteiger partial charge in [0.1, 0.15) is 12.4 Å². The molecule has 0 radical (unpaired) electrons. The van der Waals surface area contributed by atoms with E-state index < -0.39 is 6.36 Å². The number of rotatable bonds is 5. The van der Waals surface area contributed by atoms with Crippen molar-refractivity contribution < 1.29 is 22.6 Å². The van der Waals surface area contributed by atoms with Crippen LogP contribution in [0.3, 0.4) is 0 Å². The fourth-order valence-corrected chi connectivity index (χ4v) is 2.67. The Balaban J connectivity index is 0.00000225. The second-order valence-electron chi connectivity index (χ2n) is 5.62. The molecule has 138 valence electrons. The van der Waals surface area contributed by atoms with Gasteiger partial charge in [-0.25, -0.2) is 0 Å². The van der Waals surface area contributed by atoms with Gasteiger partial charge in [-0.1, -0.05) is 12.1 Å². The molecule has 0 spiro atoms. The summed E-state index contributed by atoms with van der Waals surface area (Å²) < 4.78 is 48.1. The Morgan fingerprint density at radius 1 is 1.20 bits per heavy atom. The van der Waals surface area contributed by atoms with Crippen molar-refractivity contribution in [1.82, 2.24) is 15.1 Å². The summed E-state index contributed by atoms with van der Waals surface area (Å²) in [6.07, 6.45) is 0.773. The summed E-state index contributed by atoms with van der Waals surface area (Å²) in [7, 11) is 0. The molecule has 0 atom stereocenters. The van der Waals surface area contributed by atoms with Crippen LogP contribution in [-0.2, 0) is 6.61 Å². The minimum Gasteiger partial charge on any atom is -0.486 e. The van der Waals surface area contributed by atoms with Crippen molar-refractivity contribution in [2.24, 2.45) is 0 Å². The number of nitrogens with one attached hydrogen (secondary N) is 1. The zero-order valence-electron chi connectivity index (χ0n) is 13.3. The molecule has 1 fully saturated rings. The molecule has 5 nitrogen and oxygen atoms in total. The Morgan fingerprint density at radius 2 is 1.96 bits per heavy atom. The maximum Gasteiger partial charge on any atom is 0.573 e. The zero-order valence-corrected chi connectivity index (χ0v) is 14.1. The highest BCUT2D eigenvalue weighted by atomic mass is 35.5. The van der Waals surface area contributed by atoms with E-state index in [1.165, 1.54) is 18.2 Å². The van der Waals surface area contributed by atoms with Crippen LogP contribution in [0.5, 0.6) is 11.5 Å². The topological polar surface area (TPSA) is 48.3 Å². The lowest BCUT2D eigenvalue weighted by molar-refractivity contribution is -0.274. The molecule has 3 rings (SSSR count). The van der Waals surface area contributed by atoms with Crippen LogP contribution in [-0.4, -0.2) is 29.2 Å². The lowest BCUT2D eigenvalue weighted by atomic mass is 10.1. The highest BCUT2D eigenvalue weighted by Crippen LogP contribution is 2.24. The molecule has 1 saturated heterocycles. The Kier molecular flexibility index (Phi) is 6.55. The lowest BCUT2D eigenvalue weighted by Gasteiger charge is -2.22. The molecule has 1 aromatic heterocycles. The van der Waals surface area contributed by atoms with Crippen LogP contribution in [0.15, 0.2) is 36.7 Å². The van der Waals surface area contributed by atoms with Gasteiger partial charge in [0, 0.05) is 0 Å². The second kappa shape index (κ2) is 8.44. The van der Waals surface area contributed by atoms with Crippen molar-refractivity contribution in [2.75, 3.05) is 13.1 Å². The molecule has 1 aliphatic heterocycles. The molecule has 0 aliphatic carbocycles. The largest absolute Gasteiger partial charge is 0.573 e. The van der Waals surface area contributed by atoms with E-state index >= 15 is 0 Å². The fraction of sp³-hybridized carbons (Fsp3) is 0.438. The van der Waals surface area contributed by atoms with E-state index in [1.807, 2.05) is 10.9 Å². The van der Waals surface area contributed by atoms with E-state index in [0.29, 0.717) is 17.4 Å². The number of benzene rings is 1. The first kappa shape index (κ1) is 19.4. The Hall–Kier alpha value is -1.93. The van der Waals surface area contributed by atoms with E-state index in [2.05, 4.69) is 15.2 Å². The number of piperidine rings is 1. The van der Waals surface area contributed by atoms with Gasteiger partial charge < -0.3 is 14.8 Å². The summed E-state index contributed by atoms with van der Waals surface area (Å²) in [6.45, 7) is 2.08. The SMILES string of the molecule is Cl.FC(F)(F)Oc1cccc(COc2cnn(C3CCNCC3)c2)c1. The summed E-state index contributed by atoms with van der Waals surface area (Å²) in [5, 5.41) is 7.60. The van der Waals surface area contributed by atoms with Crippen molar-refractivity contribution >= 4 is 12.4 Å². The second-order valence-corrected chi connectivity index (χ2v) is 5.62. The number of aromatic nitrogens is 2. The molecule has 0 unspecified atom stereocenters. The van der Waals surface area contributed by atoms with Crippen LogP contribution in [0, 0.1) is 0 Å². The number of ether oxygens (including phenoxy) is 2. The van der Waals surface area contributed by atoms with Gasteiger partial charge in [0.05, 0.1) is 18.4 Å². The average Bonchev–Trinajstić information content (AvgIpc) is 3.01. The summed E-state index contributed by atoms with van der Waals surface area (Å²) >= 11 is 0. The van der Waals surface area contributed by atoms with Crippen molar-refractivity contribution in [3.05, 3.63) is 42.2 Å². The van der Waals surface area contributed by atoms with Crippen LogP contribution >= 0.6 is 12.4 Å². The maximum absolute atomic E-state index is 12.2. The highest BCUT2D eigenvalue weighted by Gasteiger charge is 2.31. The quantitative estimate of drug-likeness (QED) is 0.863. The predicted molar refractivity (Wildman–Crippen MR) is 88.1 cm³/mol. The van der Waals surface area contributed by atoms with Crippen molar-refractivity contribution in [3.8, 4) is 11.5 Å². The van der Waals surface area contributed by atoms with Crippen LogP contribution in [0.2, 0.25) is 0 Å². The molecule has 0 saturated carbocycles. The van der Waals surface area contributed by atoms with E-state index in [-0.39, 0.29) is 24.8 Å². The standard InChI is InChI=1S/C16H18F3N3O2.ClH/c17-16(18,19)24-14-3-1-2-12(8-14)11-23-15-9-21-22(10-15)13-4-6-20-7-5-13;/h1-3,8-10,13,20H,4-7,11H2;1H. The van der Waals surface area contributed by atoms with Crippen molar-refractivity contribution in [3.63, 3.8) is 0 Å². The highest BCUT2D eigenvalue weighted by molar-refractivity contribution is 5.85.